The van der Waals surface area contributed by atoms with Gasteiger partial charge in [0.05, 0.1) is 34.0 Å². The van der Waals surface area contributed by atoms with Gasteiger partial charge in [-0.05, 0) is 30.2 Å². The molecule has 0 amide bonds. The Bertz CT molecular complexity index is 1650. The highest BCUT2D eigenvalue weighted by molar-refractivity contribution is 6.31. The third-order valence-corrected chi connectivity index (χ3v) is 7.85. The molecule has 5 rings (SSSR count). The number of nitro groups is 1. The molecule has 0 fully saturated rings. The van der Waals surface area contributed by atoms with Crippen LogP contribution in [0.1, 0.15) is 36.6 Å². The SMILES string of the molecule is CCCCn1c(-c2ccccc2)nc(-c2ccccc2)c1CN(Cc1ccc(OC)cc1)Cc1c(Cl)cccc1[N+](=O)[O-]. The van der Waals surface area contributed by atoms with E-state index in [0.717, 1.165) is 59.0 Å². The highest BCUT2D eigenvalue weighted by Gasteiger charge is 2.25. The lowest BCUT2D eigenvalue weighted by Crippen LogP contribution is -2.25. The summed E-state index contributed by atoms with van der Waals surface area (Å²) in [5.74, 6) is 1.68. The second kappa shape index (κ2) is 14.1. The number of hydrogen-bond donors (Lipinski definition) is 0. The molecule has 4 aromatic carbocycles. The Balaban J connectivity index is 1.65. The Hall–Kier alpha value is -4.46. The van der Waals surface area contributed by atoms with Crippen LogP contribution in [0.3, 0.4) is 0 Å². The van der Waals surface area contributed by atoms with Crippen molar-refractivity contribution < 1.29 is 9.66 Å². The van der Waals surface area contributed by atoms with Crippen LogP contribution >= 0.6 is 11.6 Å². The van der Waals surface area contributed by atoms with Crippen LogP contribution in [-0.2, 0) is 26.2 Å². The van der Waals surface area contributed by atoms with Gasteiger partial charge in [-0.15, -0.1) is 0 Å². The molecule has 0 spiro atoms. The second-order valence-electron chi connectivity index (χ2n) is 10.5. The first-order valence-corrected chi connectivity index (χ1v) is 14.8. The van der Waals surface area contributed by atoms with Gasteiger partial charge >= 0.3 is 0 Å². The van der Waals surface area contributed by atoms with Gasteiger partial charge in [-0.25, -0.2) is 4.98 Å². The molecule has 0 aliphatic heterocycles. The van der Waals surface area contributed by atoms with Crippen LogP contribution < -0.4 is 4.74 Å². The maximum atomic E-state index is 12.0. The van der Waals surface area contributed by atoms with Gasteiger partial charge in [-0.1, -0.05) is 104 Å². The van der Waals surface area contributed by atoms with Crippen LogP contribution in [0.2, 0.25) is 5.02 Å². The minimum absolute atomic E-state index is 0.0139. The average Bonchev–Trinajstić information content (AvgIpc) is 3.39. The fourth-order valence-corrected chi connectivity index (χ4v) is 5.53. The molecule has 0 bridgehead atoms. The summed E-state index contributed by atoms with van der Waals surface area (Å²) in [7, 11) is 1.64. The van der Waals surface area contributed by atoms with Gasteiger partial charge in [0.15, 0.2) is 0 Å². The van der Waals surface area contributed by atoms with Gasteiger partial charge in [0.25, 0.3) is 5.69 Å². The molecule has 7 nitrogen and oxygen atoms in total. The first kappa shape index (κ1) is 30.0. The number of halogens is 1. The summed E-state index contributed by atoms with van der Waals surface area (Å²) >= 11 is 6.61. The number of nitrogens with zero attached hydrogens (tertiary/aromatic N) is 4. The Morgan fingerprint density at radius 2 is 1.53 bits per heavy atom. The summed E-state index contributed by atoms with van der Waals surface area (Å²) in [6.45, 7) is 4.32. The van der Waals surface area contributed by atoms with Crippen LogP contribution in [0.5, 0.6) is 5.75 Å². The molecule has 0 unspecified atom stereocenters. The molecule has 0 saturated heterocycles. The first-order chi connectivity index (χ1) is 21.0. The monoisotopic (exact) mass is 594 g/mol. The maximum absolute atomic E-state index is 12.0. The zero-order valence-corrected chi connectivity index (χ0v) is 25.2. The minimum Gasteiger partial charge on any atom is -0.497 e. The smallest absolute Gasteiger partial charge is 0.275 e. The normalized spacial score (nSPS) is 11.2. The number of unbranched alkanes of at least 4 members (excludes halogenated alkanes) is 1. The largest absolute Gasteiger partial charge is 0.497 e. The molecular weight excluding hydrogens is 560 g/mol. The van der Waals surface area contributed by atoms with Crippen molar-refractivity contribution in [3.05, 3.63) is 135 Å². The van der Waals surface area contributed by atoms with Crippen LogP contribution in [0, 0.1) is 10.1 Å². The molecule has 0 atom stereocenters. The van der Waals surface area contributed by atoms with E-state index in [1.807, 2.05) is 60.7 Å². The summed E-state index contributed by atoms with van der Waals surface area (Å²) < 4.78 is 7.69. The van der Waals surface area contributed by atoms with Crippen LogP contribution in [0.4, 0.5) is 5.69 Å². The van der Waals surface area contributed by atoms with Crippen LogP contribution in [0.15, 0.2) is 103 Å². The fourth-order valence-electron chi connectivity index (χ4n) is 5.31. The standard InChI is InChI=1S/C35H35ClN4O3/c1-3-4-22-39-33(34(27-12-7-5-8-13-27)37-35(39)28-14-9-6-10-15-28)25-38(23-26-18-20-29(43-2)21-19-26)24-30-31(36)16-11-17-32(30)40(41)42/h5-21H,3-4,22-25H2,1-2H3. The number of benzene rings is 4. The molecule has 0 aliphatic carbocycles. The Morgan fingerprint density at radius 3 is 2.16 bits per heavy atom. The summed E-state index contributed by atoms with van der Waals surface area (Å²) in [4.78, 5) is 19.1. The fraction of sp³-hybridized carbons (Fsp3) is 0.229. The van der Waals surface area contributed by atoms with E-state index in [4.69, 9.17) is 21.3 Å². The number of methoxy groups -OCH3 is 1. The number of hydrogen-bond acceptors (Lipinski definition) is 5. The van der Waals surface area contributed by atoms with E-state index in [0.29, 0.717) is 23.7 Å². The third kappa shape index (κ3) is 7.13. The Morgan fingerprint density at radius 1 is 0.860 bits per heavy atom. The maximum Gasteiger partial charge on any atom is 0.275 e. The molecule has 0 N–H and O–H groups in total. The lowest BCUT2D eigenvalue weighted by atomic mass is 10.1. The van der Waals surface area contributed by atoms with Crippen molar-refractivity contribution in [3.63, 3.8) is 0 Å². The molecular formula is C35H35ClN4O3. The number of imidazole rings is 1. The number of aromatic nitrogens is 2. The van der Waals surface area contributed by atoms with E-state index < -0.39 is 0 Å². The molecule has 8 heteroatoms. The van der Waals surface area contributed by atoms with Gasteiger partial charge in [-0.2, -0.15) is 0 Å². The topological polar surface area (TPSA) is 73.4 Å². The molecule has 1 aromatic heterocycles. The van der Waals surface area contributed by atoms with Crippen molar-refractivity contribution in [2.75, 3.05) is 7.11 Å². The van der Waals surface area contributed by atoms with E-state index in [1.165, 1.54) is 6.07 Å². The van der Waals surface area contributed by atoms with E-state index >= 15 is 0 Å². The summed E-state index contributed by atoms with van der Waals surface area (Å²) in [5, 5.41) is 12.4. The van der Waals surface area contributed by atoms with Gasteiger partial charge < -0.3 is 9.30 Å². The van der Waals surface area contributed by atoms with E-state index in [9.17, 15) is 10.1 Å². The van der Waals surface area contributed by atoms with E-state index in [1.54, 1.807) is 19.2 Å². The van der Waals surface area contributed by atoms with Crippen molar-refractivity contribution in [2.24, 2.45) is 0 Å². The molecule has 220 valence electrons. The summed E-state index contributed by atoms with van der Waals surface area (Å²) in [6, 6.07) is 33.2. The highest BCUT2D eigenvalue weighted by Crippen LogP contribution is 2.33. The van der Waals surface area contributed by atoms with Crippen molar-refractivity contribution in [2.45, 2.75) is 45.9 Å². The van der Waals surface area contributed by atoms with Gasteiger partial charge in [0.1, 0.15) is 11.6 Å². The molecule has 1 heterocycles. The van der Waals surface area contributed by atoms with Crippen molar-refractivity contribution in [1.29, 1.82) is 0 Å². The quantitative estimate of drug-likeness (QED) is 0.101. The van der Waals surface area contributed by atoms with Crippen LogP contribution in [-0.4, -0.2) is 26.5 Å². The Kier molecular flexibility index (Phi) is 9.87. The van der Waals surface area contributed by atoms with Gasteiger partial charge in [-0.3, -0.25) is 15.0 Å². The van der Waals surface area contributed by atoms with Crippen LogP contribution in [0.25, 0.3) is 22.6 Å². The predicted octanol–water partition coefficient (Wildman–Crippen LogP) is 8.79. The lowest BCUT2D eigenvalue weighted by molar-refractivity contribution is -0.385. The van der Waals surface area contributed by atoms with Gasteiger partial charge in [0.2, 0.25) is 0 Å². The van der Waals surface area contributed by atoms with Crippen molar-refractivity contribution >= 4 is 17.3 Å². The summed E-state index contributed by atoms with van der Waals surface area (Å²) in [5.41, 5.74) is 5.60. The van der Waals surface area contributed by atoms with E-state index in [2.05, 4.69) is 40.7 Å². The number of rotatable bonds is 13. The molecule has 0 radical (unpaired) electrons. The second-order valence-corrected chi connectivity index (χ2v) is 10.9. The van der Waals surface area contributed by atoms with Crippen molar-refractivity contribution in [3.8, 4) is 28.4 Å². The summed E-state index contributed by atoms with van der Waals surface area (Å²) in [6.07, 6.45) is 2.03. The Labute approximate surface area is 257 Å². The van der Waals surface area contributed by atoms with E-state index in [-0.39, 0.29) is 17.2 Å². The molecule has 5 aromatic rings. The predicted molar refractivity (Wildman–Crippen MR) is 172 cm³/mol. The highest BCUT2D eigenvalue weighted by atomic mass is 35.5. The zero-order chi connectivity index (χ0) is 30.2. The van der Waals surface area contributed by atoms with Gasteiger partial charge in [0, 0.05) is 43.4 Å². The average molecular weight is 595 g/mol. The molecule has 0 aliphatic rings. The third-order valence-electron chi connectivity index (χ3n) is 7.50. The minimum atomic E-state index is -0.360. The molecule has 43 heavy (non-hydrogen) atoms. The van der Waals surface area contributed by atoms with Crippen molar-refractivity contribution in [1.82, 2.24) is 14.5 Å². The lowest BCUT2D eigenvalue weighted by Gasteiger charge is -2.25. The first-order valence-electron chi connectivity index (χ1n) is 14.5. The number of nitro benzene ring substituents is 1. The molecule has 0 saturated carbocycles. The zero-order valence-electron chi connectivity index (χ0n) is 24.4. The number of ether oxygens (including phenoxy) is 1.